The standard InChI is InChI=1S/C20H25N3O2/c1-15(19(24)22-13-16-7-5-4-6-8-16)23(3)14-17-9-11-18(12-10-17)20(25)21-2/h4-12,15H,13-14H2,1-3H3,(H,21,25)(H,22,24). The Balaban J connectivity index is 1.87. The van der Waals surface area contributed by atoms with E-state index in [0.29, 0.717) is 18.7 Å². The van der Waals surface area contributed by atoms with Crippen molar-refractivity contribution in [3.63, 3.8) is 0 Å². The summed E-state index contributed by atoms with van der Waals surface area (Å²) in [4.78, 5) is 25.9. The van der Waals surface area contributed by atoms with E-state index >= 15 is 0 Å². The average molecular weight is 339 g/mol. The maximum atomic E-state index is 12.3. The number of benzene rings is 2. The van der Waals surface area contributed by atoms with Crippen molar-refractivity contribution in [1.29, 1.82) is 0 Å². The maximum absolute atomic E-state index is 12.3. The number of carbonyl (C=O) groups is 2. The number of hydrogen-bond acceptors (Lipinski definition) is 3. The van der Waals surface area contributed by atoms with Gasteiger partial charge in [0, 0.05) is 25.7 Å². The van der Waals surface area contributed by atoms with E-state index in [1.807, 2.05) is 61.3 Å². The van der Waals surface area contributed by atoms with E-state index in [-0.39, 0.29) is 17.9 Å². The van der Waals surface area contributed by atoms with Crippen LogP contribution in [0.3, 0.4) is 0 Å². The van der Waals surface area contributed by atoms with Crippen LogP contribution >= 0.6 is 0 Å². The molecule has 0 aromatic heterocycles. The molecule has 5 nitrogen and oxygen atoms in total. The Kier molecular flexibility index (Phi) is 6.71. The van der Waals surface area contributed by atoms with Crippen molar-refractivity contribution in [3.05, 3.63) is 71.3 Å². The van der Waals surface area contributed by atoms with Crippen molar-refractivity contribution in [3.8, 4) is 0 Å². The van der Waals surface area contributed by atoms with Crippen molar-refractivity contribution in [2.24, 2.45) is 0 Å². The van der Waals surface area contributed by atoms with Crippen molar-refractivity contribution < 1.29 is 9.59 Å². The van der Waals surface area contributed by atoms with Crippen molar-refractivity contribution >= 4 is 11.8 Å². The monoisotopic (exact) mass is 339 g/mol. The molecule has 2 rings (SSSR count). The van der Waals surface area contributed by atoms with Crippen LogP contribution in [0.1, 0.15) is 28.4 Å². The molecule has 0 saturated heterocycles. The second-order valence-corrected chi connectivity index (χ2v) is 6.07. The minimum Gasteiger partial charge on any atom is -0.355 e. The Hall–Kier alpha value is -2.66. The fourth-order valence-corrected chi connectivity index (χ4v) is 2.46. The van der Waals surface area contributed by atoms with Gasteiger partial charge in [-0.3, -0.25) is 14.5 Å². The first-order valence-corrected chi connectivity index (χ1v) is 8.34. The van der Waals surface area contributed by atoms with Crippen molar-refractivity contribution in [1.82, 2.24) is 15.5 Å². The Labute approximate surface area is 149 Å². The van der Waals surface area contributed by atoms with Gasteiger partial charge in [0.1, 0.15) is 0 Å². The largest absolute Gasteiger partial charge is 0.355 e. The maximum Gasteiger partial charge on any atom is 0.251 e. The fourth-order valence-electron chi connectivity index (χ4n) is 2.46. The number of nitrogens with zero attached hydrogens (tertiary/aromatic N) is 1. The van der Waals surface area contributed by atoms with Gasteiger partial charge < -0.3 is 10.6 Å². The van der Waals surface area contributed by atoms with Gasteiger partial charge in [-0.1, -0.05) is 42.5 Å². The Morgan fingerprint density at radius 1 is 1.00 bits per heavy atom. The highest BCUT2D eigenvalue weighted by atomic mass is 16.2. The SMILES string of the molecule is CNC(=O)c1ccc(CN(C)C(C)C(=O)NCc2ccccc2)cc1. The minimum absolute atomic E-state index is 0.00617. The van der Waals surface area contributed by atoms with E-state index in [0.717, 1.165) is 11.1 Å². The highest BCUT2D eigenvalue weighted by molar-refractivity contribution is 5.93. The molecule has 0 bridgehead atoms. The lowest BCUT2D eigenvalue weighted by molar-refractivity contribution is -0.125. The van der Waals surface area contributed by atoms with E-state index in [1.54, 1.807) is 19.2 Å². The van der Waals surface area contributed by atoms with Gasteiger partial charge in [0.15, 0.2) is 0 Å². The second kappa shape index (κ2) is 8.99. The average Bonchev–Trinajstić information content (AvgIpc) is 2.66. The molecule has 2 amide bonds. The molecule has 2 aromatic carbocycles. The van der Waals surface area contributed by atoms with E-state index in [4.69, 9.17) is 0 Å². The molecule has 132 valence electrons. The highest BCUT2D eigenvalue weighted by Crippen LogP contribution is 2.09. The van der Waals surface area contributed by atoms with Gasteiger partial charge in [-0.25, -0.2) is 0 Å². The van der Waals surface area contributed by atoms with Gasteiger partial charge >= 0.3 is 0 Å². The Morgan fingerprint density at radius 2 is 1.64 bits per heavy atom. The molecule has 2 aromatic rings. The summed E-state index contributed by atoms with van der Waals surface area (Å²) in [5.74, 6) is -0.109. The summed E-state index contributed by atoms with van der Waals surface area (Å²) >= 11 is 0. The van der Waals surface area contributed by atoms with Crippen molar-refractivity contribution in [2.45, 2.75) is 26.1 Å². The van der Waals surface area contributed by atoms with Crippen LogP contribution in [0.15, 0.2) is 54.6 Å². The summed E-state index contributed by atoms with van der Waals surface area (Å²) in [6.45, 7) is 3.05. The van der Waals surface area contributed by atoms with E-state index in [9.17, 15) is 9.59 Å². The summed E-state index contributed by atoms with van der Waals surface area (Å²) < 4.78 is 0. The third kappa shape index (κ3) is 5.43. The third-order valence-corrected chi connectivity index (χ3v) is 4.23. The van der Waals surface area contributed by atoms with Crippen LogP contribution < -0.4 is 10.6 Å². The lowest BCUT2D eigenvalue weighted by Gasteiger charge is -2.24. The summed E-state index contributed by atoms with van der Waals surface area (Å²) in [6, 6.07) is 17.0. The Bertz CT molecular complexity index is 699. The zero-order valence-electron chi connectivity index (χ0n) is 15.0. The quantitative estimate of drug-likeness (QED) is 0.813. The molecule has 2 N–H and O–H groups in total. The van der Waals surface area contributed by atoms with Gasteiger partial charge in [-0.15, -0.1) is 0 Å². The molecule has 0 radical (unpaired) electrons. The fraction of sp³-hybridized carbons (Fsp3) is 0.300. The molecule has 0 aliphatic rings. The lowest BCUT2D eigenvalue weighted by atomic mass is 10.1. The molecule has 0 saturated carbocycles. The van der Waals surface area contributed by atoms with Gasteiger partial charge in [0.05, 0.1) is 6.04 Å². The van der Waals surface area contributed by atoms with Gasteiger partial charge in [-0.05, 0) is 37.2 Å². The van der Waals surface area contributed by atoms with Gasteiger partial charge in [-0.2, -0.15) is 0 Å². The summed E-state index contributed by atoms with van der Waals surface area (Å²) in [5, 5.41) is 5.56. The normalized spacial score (nSPS) is 11.8. The first kappa shape index (κ1) is 18.7. The molecular formula is C20H25N3O2. The van der Waals surface area contributed by atoms with E-state index < -0.39 is 0 Å². The molecule has 25 heavy (non-hydrogen) atoms. The van der Waals surface area contributed by atoms with Crippen molar-refractivity contribution in [2.75, 3.05) is 14.1 Å². The van der Waals surface area contributed by atoms with Crippen LogP contribution in [0.5, 0.6) is 0 Å². The van der Waals surface area contributed by atoms with Crippen LogP contribution in [-0.2, 0) is 17.9 Å². The van der Waals surface area contributed by atoms with E-state index in [1.165, 1.54) is 0 Å². The number of amides is 2. The summed E-state index contributed by atoms with van der Waals surface area (Å²) in [5.41, 5.74) is 2.76. The van der Waals surface area contributed by atoms with E-state index in [2.05, 4.69) is 10.6 Å². The predicted molar refractivity (Wildman–Crippen MR) is 99.0 cm³/mol. The summed E-state index contributed by atoms with van der Waals surface area (Å²) in [7, 11) is 3.53. The predicted octanol–water partition coefficient (Wildman–Crippen LogP) is 2.18. The smallest absolute Gasteiger partial charge is 0.251 e. The molecule has 0 aliphatic carbocycles. The number of carbonyl (C=O) groups excluding carboxylic acids is 2. The van der Waals surface area contributed by atoms with Gasteiger partial charge in [0.25, 0.3) is 5.91 Å². The molecule has 0 heterocycles. The number of rotatable bonds is 7. The molecular weight excluding hydrogens is 314 g/mol. The van der Waals surface area contributed by atoms with Crippen LogP contribution in [0.25, 0.3) is 0 Å². The molecule has 1 atom stereocenters. The highest BCUT2D eigenvalue weighted by Gasteiger charge is 2.18. The summed E-state index contributed by atoms with van der Waals surface area (Å²) in [6.07, 6.45) is 0. The number of nitrogens with one attached hydrogen (secondary N) is 2. The van der Waals surface area contributed by atoms with Gasteiger partial charge in [0.2, 0.25) is 5.91 Å². The first-order valence-electron chi connectivity index (χ1n) is 8.34. The minimum atomic E-state index is -0.248. The lowest BCUT2D eigenvalue weighted by Crippen LogP contribution is -2.42. The van der Waals surface area contributed by atoms with Crippen LogP contribution in [0.4, 0.5) is 0 Å². The molecule has 1 unspecified atom stereocenters. The second-order valence-electron chi connectivity index (χ2n) is 6.07. The molecule has 0 aliphatic heterocycles. The Morgan fingerprint density at radius 3 is 2.24 bits per heavy atom. The number of likely N-dealkylation sites (N-methyl/N-ethyl adjacent to an activating group) is 1. The zero-order valence-corrected chi connectivity index (χ0v) is 15.0. The topological polar surface area (TPSA) is 61.4 Å². The molecule has 0 spiro atoms. The number of hydrogen-bond donors (Lipinski definition) is 2. The molecule has 0 fully saturated rings. The zero-order chi connectivity index (χ0) is 18.2. The van der Waals surface area contributed by atoms with Crippen LogP contribution in [-0.4, -0.2) is 36.9 Å². The van der Waals surface area contributed by atoms with Crippen LogP contribution in [0.2, 0.25) is 0 Å². The molecule has 5 heteroatoms. The third-order valence-electron chi connectivity index (χ3n) is 4.23. The first-order chi connectivity index (χ1) is 12.0. The van der Waals surface area contributed by atoms with Crippen LogP contribution in [0, 0.1) is 0 Å².